The zero-order valence-electron chi connectivity index (χ0n) is 11.2. The normalized spacial score (nSPS) is 13.4. The van der Waals surface area contributed by atoms with Crippen molar-refractivity contribution in [3.8, 4) is 17.7 Å². The summed E-state index contributed by atoms with van der Waals surface area (Å²) in [6.45, 7) is 0. The quantitative estimate of drug-likeness (QED) is 0.802. The minimum Gasteiger partial charge on any atom is -0.436 e. The number of nitriles is 1. The van der Waals surface area contributed by atoms with Crippen molar-refractivity contribution in [1.29, 1.82) is 5.26 Å². The molecular weight excluding hydrogens is 335 g/mol. The van der Waals surface area contributed by atoms with Crippen LogP contribution in [-0.4, -0.2) is 4.98 Å². The molecule has 0 N–H and O–H groups in total. The molecule has 1 aliphatic rings. The predicted molar refractivity (Wildman–Crippen MR) is 79.8 cm³/mol. The van der Waals surface area contributed by atoms with E-state index in [1.165, 1.54) is 18.2 Å². The van der Waals surface area contributed by atoms with Crippen molar-refractivity contribution in [2.45, 2.75) is 25.7 Å². The van der Waals surface area contributed by atoms with Crippen LogP contribution in [0.25, 0.3) is 0 Å². The summed E-state index contributed by atoms with van der Waals surface area (Å²) < 4.78 is 19.3. The highest BCUT2D eigenvalue weighted by molar-refractivity contribution is 9.10. The van der Waals surface area contributed by atoms with Crippen molar-refractivity contribution < 1.29 is 9.13 Å². The lowest BCUT2D eigenvalue weighted by molar-refractivity contribution is 0.452. The largest absolute Gasteiger partial charge is 0.436 e. The molecule has 0 amide bonds. The Kier molecular flexibility index (Phi) is 3.89. The third kappa shape index (κ3) is 2.91. The molecular formula is C16H12BrFN2O. The van der Waals surface area contributed by atoms with Gasteiger partial charge in [-0.25, -0.2) is 9.37 Å². The average molecular weight is 347 g/mol. The molecule has 21 heavy (non-hydrogen) atoms. The molecule has 0 aliphatic heterocycles. The van der Waals surface area contributed by atoms with Crippen molar-refractivity contribution in [1.82, 2.24) is 4.98 Å². The van der Waals surface area contributed by atoms with Crippen LogP contribution in [0.3, 0.4) is 0 Å². The summed E-state index contributed by atoms with van der Waals surface area (Å²) in [5, 5.41) is 9.27. The van der Waals surface area contributed by atoms with Gasteiger partial charge in [0, 0.05) is 5.69 Å². The predicted octanol–water partition coefficient (Wildman–Crippen LogP) is 4.53. The summed E-state index contributed by atoms with van der Waals surface area (Å²) in [4.78, 5) is 4.48. The third-order valence-corrected chi connectivity index (χ3v) is 4.11. The Bertz CT molecular complexity index is 740. The summed E-state index contributed by atoms with van der Waals surface area (Å²) in [6, 6.07) is 8.12. The number of halogens is 2. The second-order valence-electron chi connectivity index (χ2n) is 4.94. The lowest BCUT2D eigenvalue weighted by Gasteiger charge is -2.17. The minimum atomic E-state index is -0.354. The number of aromatic nitrogens is 1. The summed E-state index contributed by atoms with van der Waals surface area (Å²) in [5.41, 5.74) is 2.53. The molecule has 5 heteroatoms. The van der Waals surface area contributed by atoms with Gasteiger partial charge in [-0.2, -0.15) is 5.26 Å². The number of pyridine rings is 1. The Morgan fingerprint density at radius 2 is 2.05 bits per heavy atom. The molecule has 0 unspecified atom stereocenters. The van der Waals surface area contributed by atoms with E-state index in [2.05, 4.69) is 27.0 Å². The second kappa shape index (κ2) is 5.82. The number of aryl methyl sites for hydroxylation is 2. The van der Waals surface area contributed by atoms with E-state index < -0.39 is 0 Å². The van der Waals surface area contributed by atoms with Crippen LogP contribution in [0.1, 0.15) is 29.7 Å². The molecule has 3 rings (SSSR count). The lowest BCUT2D eigenvalue weighted by atomic mass is 9.95. The molecule has 1 aliphatic carbocycles. The Hall–Kier alpha value is -1.93. The fourth-order valence-corrected chi connectivity index (χ4v) is 2.87. The Morgan fingerprint density at radius 1 is 1.24 bits per heavy atom. The SMILES string of the molecule is N#Cc1cc2c(nc1Oc1ccc(F)cc1Br)CCCC2. The summed E-state index contributed by atoms with van der Waals surface area (Å²) in [7, 11) is 0. The number of nitrogens with zero attached hydrogens (tertiary/aromatic N) is 2. The van der Waals surface area contributed by atoms with Crippen LogP contribution in [-0.2, 0) is 12.8 Å². The molecule has 0 spiro atoms. The maximum Gasteiger partial charge on any atom is 0.237 e. The minimum absolute atomic E-state index is 0.283. The van der Waals surface area contributed by atoms with E-state index in [1.807, 2.05) is 6.07 Å². The topological polar surface area (TPSA) is 45.9 Å². The highest BCUT2D eigenvalue weighted by atomic mass is 79.9. The van der Waals surface area contributed by atoms with Crippen LogP contribution >= 0.6 is 15.9 Å². The molecule has 1 aromatic heterocycles. The maximum absolute atomic E-state index is 13.1. The van der Waals surface area contributed by atoms with Gasteiger partial charge in [0.2, 0.25) is 5.88 Å². The molecule has 0 atom stereocenters. The molecule has 2 aromatic rings. The molecule has 1 aromatic carbocycles. The maximum atomic E-state index is 13.1. The van der Waals surface area contributed by atoms with Gasteiger partial charge in [0.1, 0.15) is 23.2 Å². The first kappa shape index (κ1) is 14.0. The van der Waals surface area contributed by atoms with E-state index in [-0.39, 0.29) is 11.7 Å². The van der Waals surface area contributed by atoms with Gasteiger partial charge in [-0.3, -0.25) is 0 Å². The highest BCUT2D eigenvalue weighted by Gasteiger charge is 2.17. The van der Waals surface area contributed by atoms with Crippen LogP contribution in [0.5, 0.6) is 11.6 Å². The Balaban J connectivity index is 1.99. The average Bonchev–Trinajstić information content (AvgIpc) is 2.49. The third-order valence-electron chi connectivity index (χ3n) is 3.49. The zero-order chi connectivity index (χ0) is 14.8. The first-order valence-corrected chi connectivity index (χ1v) is 7.52. The van der Waals surface area contributed by atoms with Crippen LogP contribution in [0.2, 0.25) is 0 Å². The molecule has 106 valence electrons. The van der Waals surface area contributed by atoms with Gasteiger partial charge in [0.15, 0.2) is 0 Å². The van der Waals surface area contributed by atoms with Crippen LogP contribution < -0.4 is 4.74 Å². The smallest absolute Gasteiger partial charge is 0.237 e. The first-order valence-electron chi connectivity index (χ1n) is 6.73. The van der Waals surface area contributed by atoms with E-state index in [9.17, 15) is 9.65 Å². The molecule has 0 bridgehead atoms. The van der Waals surface area contributed by atoms with Crippen molar-refractivity contribution in [2.75, 3.05) is 0 Å². The number of hydrogen-bond donors (Lipinski definition) is 0. The van der Waals surface area contributed by atoms with Crippen LogP contribution in [0.15, 0.2) is 28.7 Å². The van der Waals surface area contributed by atoms with E-state index in [0.717, 1.165) is 36.9 Å². The second-order valence-corrected chi connectivity index (χ2v) is 5.80. The molecule has 0 radical (unpaired) electrons. The fourth-order valence-electron chi connectivity index (χ4n) is 2.43. The molecule has 0 saturated carbocycles. The highest BCUT2D eigenvalue weighted by Crippen LogP contribution is 2.32. The standard InChI is InChI=1S/C16H12BrFN2O/c17-13-8-12(18)5-6-15(13)21-16-11(9-19)7-10-3-1-2-4-14(10)20-16/h5-8H,1-4H2. The van der Waals surface area contributed by atoms with Gasteiger partial charge in [0.05, 0.1) is 4.47 Å². The van der Waals surface area contributed by atoms with Gasteiger partial charge in [0.25, 0.3) is 0 Å². The van der Waals surface area contributed by atoms with E-state index in [4.69, 9.17) is 4.74 Å². The van der Waals surface area contributed by atoms with E-state index >= 15 is 0 Å². The zero-order valence-corrected chi connectivity index (χ0v) is 12.8. The number of ether oxygens (including phenoxy) is 1. The number of hydrogen-bond acceptors (Lipinski definition) is 3. The first-order chi connectivity index (χ1) is 10.2. The number of rotatable bonds is 2. The van der Waals surface area contributed by atoms with Gasteiger partial charge >= 0.3 is 0 Å². The van der Waals surface area contributed by atoms with Gasteiger partial charge < -0.3 is 4.74 Å². The van der Waals surface area contributed by atoms with Crippen LogP contribution in [0, 0.1) is 17.1 Å². The fraction of sp³-hybridized carbons (Fsp3) is 0.250. The van der Waals surface area contributed by atoms with E-state index in [1.54, 1.807) is 0 Å². The Labute approximate surface area is 130 Å². The van der Waals surface area contributed by atoms with Gasteiger partial charge in [-0.15, -0.1) is 0 Å². The monoisotopic (exact) mass is 346 g/mol. The number of fused-ring (bicyclic) bond motifs is 1. The molecule has 0 fully saturated rings. The van der Waals surface area contributed by atoms with Crippen molar-refractivity contribution in [3.63, 3.8) is 0 Å². The van der Waals surface area contributed by atoms with Crippen molar-refractivity contribution >= 4 is 15.9 Å². The molecule has 0 saturated heterocycles. The van der Waals surface area contributed by atoms with Gasteiger partial charge in [-0.1, -0.05) is 0 Å². The van der Waals surface area contributed by atoms with Crippen LogP contribution in [0.4, 0.5) is 4.39 Å². The molecule has 1 heterocycles. The Morgan fingerprint density at radius 3 is 2.81 bits per heavy atom. The summed E-state index contributed by atoms with van der Waals surface area (Å²) in [5.74, 6) is 0.370. The van der Waals surface area contributed by atoms with Crippen molar-refractivity contribution in [3.05, 3.63) is 51.4 Å². The van der Waals surface area contributed by atoms with E-state index in [0.29, 0.717) is 15.8 Å². The van der Waals surface area contributed by atoms with Gasteiger partial charge in [-0.05, 0) is 71.4 Å². The summed E-state index contributed by atoms with van der Waals surface area (Å²) in [6.07, 6.45) is 4.09. The van der Waals surface area contributed by atoms with Crippen molar-refractivity contribution in [2.24, 2.45) is 0 Å². The lowest BCUT2D eigenvalue weighted by Crippen LogP contribution is -2.07. The number of benzene rings is 1. The summed E-state index contributed by atoms with van der Waals surface area (Å²) >= 11 is 3.25. The molecule has 3 nitrogen and oxygen atoms in total.